The predicted octanol–water partition coefficient (Wildman–Crippen LogP) is 3.78. The van der Waals surface area contributed by atoms with E-state index in [0.29, 0.717) is 16.9 Å². The first kappa shape index (κ1) is 12.1. The average molecular weight is 244 g/mol. The van der Waals surface area contributed by atoms with Crippen LogP contribution in [0.15, 0.2) is 48.5 Å². The van der Waals surface area contributed by atoms with Crippen LogP contribution < -0.4 is 10.6 Å². The molecular formula is C14H13FN2O. The smallest absolute Gasteiger partial charge is 0.308 e. The second kappa shape index (κ2) is 5.31. The molecule has 0 aliphatic carbocycles. The highest BCUT2D eigenvalue weighted by Gasteiger charge is 2.04. The van der Waals surface area contributed by atoms with Crippen molar-refractivity contribution in [2.24, 2.45) is 0 Å². The molecule has 0 aliphatic rings. The fourth-order valence-corrected chi connectivity index (χ4v) is 1.54. The minimum absolute atomic E-state index is 0.288. The van der Waals surface area contributed by atoms with Gasteiger partial charge in [-0.3, -0.25) is 0 Å². The standard InChI is InChI=1S/C14H13FN2O/c1-10-9-12(7-8-13(10)15)17-14(18)16-11-5-3-2-4-6-11/h2-9H,1H3,(H2,16,17,18). The van der Waals surface area contributed by atoms with Crippen LogP contribution >= 0.6 is 0 Å². The van der Waals surface area contributed by atoms with E-state index in [9.17, 15) is 9.18 Å². The van der Waals surface area contributed by atoms with E-state index in [1.807, 2.05) is 18.2 Å². The van der Waals surface area contributed by atoms with Crippen LogP contribution in [0, 0.1) is 12.7 Å². The highest BCUT2D eigenvalue weighted by molar-refractivity contribution is 5.99. The lowest BCUT2D eigenvalue weighted by atomic mass is 10.2. The molecule has 2 rings (SSSR count). The molecule has 2 amide bonds. The summed E-state index contributed by atoms with van der Waals surface area (Å²) < 4.78 is 13.1. The van der Waals surface area contributed by atoms with E-state index in [0.717, 1.165) is 0 Å². The maximum atomic E-state index is 13.1. The van der Waals surface area contributed by atoms with Gasteiger partial charge in [0.05, 0.1) is 0 Å². The van der Waals surface area contributed by atoms with E-state index in [1.165, 1.54) is 12.1 Å². The maximum Gasteiger partial charge on any atom is 0.323 e. The molecule has 0 aliphatic heterocycles. The molecule has 0 saturated carbocycles. The number of hydrogen-bond donors (Lipinski definition) is 2. The third-order valence-electron chi connectivity index (χ3n) is 2.45. The van der Waals surface area contributed by atoms with Crippen molar-refractivity contribution >= 4 is 17.4 Å². The molecule has 92 valence electrons. The summed E-state index contributed by atoms with van der Waals surface area (Å²) in [6.07, 6.45) is 0. The van der Waals surface area contributed by atoms with Gasteiger partial charge in [-0.25, -0.2) is 9.18 Å². The van der Waals surface area contributed by atoms with Crippen molar-refractivity contribution in [3.8, 4) is 0 Å². The van der Waals surface area contributed by atoms with Gasteiger partial charge in [-0.15, -0.1) is 0 Å². The van der Waals surface area contributed by atoms with E-state index in [1.54, 1.807) is 25.1 Å². The second-order valence-corrected chi connectivity index (χ2v) is 3.91. The minimum atomic E-state index is -0.354. The average Bonchev–Trinajstić information content (AvgIpc) is 2.35. The van der Waals surface area contributed by atoms with Crippen LogP contribution in [0.2, 0.25) is 0 Å². The zero-order chi connectivity index (χ0) is 13.0. The van der Waals surface area contributed by atoms with Crippen LogP contribution in [0.25, 0.3) is 0 Å². The number of halogens is 1. The highest BCUT2D eigenvalue weighted by atomic mass is 19.1. The van der Waals surface area contributed by atoms with Gasteiger partial charge in [0, 0.05) is 11.4 Å². The lowest BCUT2D eigenvalue weighted by Crippen LogP contribution is -2.19. The van der Waals surface area contributed by atoms with Crippen molar-refractivity contribution in [1.82, 2.24) is 0 Å². The van der Waals surface area contributed by atoms with E-state index in [4.69, 9.17) is 0 Å². The second-order valence-electron chi connectivity index (χ2n) is 3.91. The van der Waals surface area contributed by atoms with Crippen LogP contribution in [0.4, 0.5) is 20.6 Å². The van der Waals surface area contributed by atoms with E-state index in [2.05, 4.69) is 10.6 Å². The number of rotatable bonds is 2. The molecule has 4 heteroatoms. The van der Waals surface area contributed by atoms with Crippen molar-refractivity contribution < 1.29 is 9.18 Å². The number of amides is 2. The Morgan fingerprint density at radius 3 is 2.33 bits per heavy atom. The van der Waals surface area contributed by atoms with Crippen molar-refractivity contribution in [1.29, 1.82) is 0 Å². The van der Waals surface area contributed by atoms with Gasteiger partial charge in [-0.2, -0.15) is 0 Å². The Balaban J connectivity index is 2.01. The third-order valence-corrected chi connectivity index (χ3v) is 2.45. The lowest BCUT2D eigenvalue weighted by Gasteiger charge is -2.08. The largest absolute Gasteiger partial charge is 0.323 e. The number of hydrogen-bond acceptors (Lipinski definition) is 1. The zero-order valence-electron chi connectivity index (χ0n) is 9.91. The molecule has 2 N–H and O–H groups in total. The third kappa shape index (κ3) is 3.07. The molecule has 0 saturated heterocycles. The Morgan fingerprint density at radius 2 is 1.67 bits per heavy atom. The Kier molecular flexibility index (Phi) is 3.57. The molecule has 2 aromatic rings. The zero-order valence-corrected chi connectivity index (χ0v) is 9.91. The Labute approximate surface area is 105 Å². The van der Waals surface area contributed by atoms with Crippen LogP contribution in [0.1, 0.15) is 5.56 Å². The summed E-state index contributed by atoms with van der Waals surface area (Å²) in [6.45, 7) is 1.65. The van der Waals surface area contributed by atoms with Gasteiger partial charge in [0.1, 0.15) is 5.82 Å². The van der Waals surface area contributed by atoms with Gasteiger partial charge in [0.25, 0.3) is 0 Å². The SMILES string of the molecule is Cc1cc(NC(=O)Nc2ccccc2)ccc1F. The van der Waals surface area contributed by atoms with E-state index in [-0.39, 0.29) is 11.8 Å². The first-order valence-electron chi connectivity index (χ1n) is 5.54. The van der Waals surface area contributed by atoms with Gasteiger partial charge in [-0.1, -0.05) is 18.2 Å². The number of anilines is 2. The Morgan fingerprint density at radius 1 is 1.00 bits per heavy atom. The number of carbonyl (C=O) groups excluding carboxylic acids is 1. The summed E-state index contributed by atoms with van der Waals surface area (Å²) in [5.74, 6) is -0.288. The molecule has 0 radical (unpaired) electrons. The molecule has 0 unspecified atom stereocenters. The summed E-state index contributed by atoms with van der Waals surface area (Å²) in [6, 6.07) is 13.2. The first-order valence-corrected chi connectivity index (χ1v) is 5.54. The normalized spacial score (nSPS) is 9.89. The number of para-hydroxylation sites is 1. The highest BCUT2D eigenvalue weighted by Crippen LogP contribution is 2.14. The van der Waals surface area contributed by atoms with Gasteiger partial charge < -0.3 is 10.6 Å². The van der Waals surface area contributed by atoms with Gasteiger partial charge in [0.15, 0.2) is 0 Å². The monoisotopic (exact) mass is 244 g/mol. The maximum absolute atomic E-state index is 13.1. The van der Waals surface area contributed by atoms with Crippen molar-refractivity contribution in [3.63, 3.8) is 0 Å². The van der Waals surface area contributed by atoms with Crippen molar-refractivity contribution in [2.75, 3.05) is 10.6 Å². The van der Waals surface area contributed by atoms with Crippen LogP contribution in [0.5, 0.6) is 0 Å². The molecule has 0 fully saturated rings. The molecule has 3 nitrogen and oxygen atoms in total. The van der Waals surface area contributed by atoms with Crippen molar-refractivity contribution in [3.05, 3.63) is 59.9 Å². The van der Waals surface area contributed by atoms with Crippen molar-refractivity contribution in [2.45, 2.75) is 6.92 Å². The predicted molar refractivity (Wildman–Crippen MR) is 70.2 cm³/mol. The summed E-state index contributed by atoms with van der Waals surface area (Å²) in [4.78, 5) is 11.7. The molecular weight excluding hydrogens is 231 g/mol. The minimum Gasteiger partial charge on any atom is -0.308 e. The Bertz CT molecular complexity index is 555. The summed E-state index contributed by atoms with van der Waals surface area (Å²) >= 11 is 0. The molecule has 0 spiro atoms. The molecule has 18 heavy (non-hydrogen) atoms. The number of nitrogens with one attached hydrogen (secondary N) is 2. The van der Waals surface area contributed by atoms with E-state index >= 15 is 0 Å². The summed E-state index contributed by atoms with van der Waals surface area (Å²) in [7, 11) is 0. The molecule has 0 heterocycles. The Hall–Kier alpha value is -2.36. The summed E-state index contributed by atoms with van der Waals surface area (Å²) in [5, 5.41) is 5.32. The summed E-state index contributed by atoms with van der Waals surface area (Å²) in [5.41, 5.74) is 1.75. The molecule has 2 aromatic carbocycles. The molecule has 0 bridgehead atoms. The fourth-order valence-electron chi connectivity index (χ4n) is 1.54. The molecule has 0 aromatic heterocycles. The fraction of sp³-hybridized carbons (Fsp3) is 0.0714. The number of carbonyl (C=O) groups is 1. The number of aryl methyl sites for hydroxylation is 1. The quantitative estimate of drug-likeness (QED) is 0.829. The first-order chi connectivity index (χ1) is 8.65. The van der Waals surface area contributed by atoms with Gasteiger partial charge >= 0.3 is 6.03 Å². The van der Waals surface area contributed by atoms with Crippen LogP contribution in [-0.4, -0.2) is 6.03 Å². The number of urea groups is 1. The van der Waals surface area contributed by atoms with Crippen LogP contribution in [0.3, 0.4) is 0 Å². The van der Waals surface area contributed by atoms with Crippen LogP contribution in [-0.2, 0) is 0 Å². The molecule has 0 atom stereocenters. The lowest BCUT2D eigenvalue weighted by molar-refractivity contribution is 0.262. The van der Waals surface area contributed by atoms with Gasteiger partial charge in [-0.05, 0) is 42.8 Å². The van der Waals surface area contributed by atoms with Gasteiger partial charge in [0.2, 0.25) is 0 Å². The topological polar surface area (TPSA) is 41.1 Å². The number of benzene rings is 2. The van der Waals surface area contributed by atoms with E-state index < -0.39 is 0 Å².